The Bertz CT molecular complexity index is 485. The van der Waals surface area contributed by atoms with Crippen molar-refractivity contribution in [1.29, 1.82) is 0 Å². The monoisotopic (exact) mass is 324 g/mol. The summed E-state index contributed by atoms with van der Waals surface area (Å²) in [5.41, 5.74) is 0.811. The van der Waals surface area contributed by atoms with Crippen LogP contribution in [-0.2, 0) is 4.79 Å². The summed E-state index contributed by atoms with van der Waals surface area (Å²) in [6.07, 6.45) is 0. The Balaban J connectivity index is 1.90. The zero-order valence-corrected chi connectivity index (χ0v) is 14.0. The molecule has 1 amide bonds. The van der Waals surface area contributed by atoms with E-state index in [1.807, 2.05) is 24.3 Å². The predicted molar refractivity (Wildman–Crippen MR) is 92.3 cm³/mol. The molecule has 0 aliphatic carbocycles. The fraction of sp³-hybridized carbons (Fsp3) is 0.467. The van der Waals surface area contributed by atoms with E-state index >= 15 is 0 Å². The van der Waals surface area contributed by atoms with Crippen LogP contribution < -0.4 is 9.64 Å². The minimum absolute atomic E-state index is 0.0419. The molecule has 1 aliphatic heterocycles. The standard InChI is InChI=1S/C15H20N2O2S2/c1-3-16(4-2)9-10-19-13-7-5-12(6-8-13)17-14(18)11-21-15(17)20/h5-8H,3-4,9-11H2,1-2H3. The summed E-state index contributed by atoms with van der Waals surface area (Å²) in [6, 6.07) is 7.53. The Morgan fingerprint density at radius 2 is 1.95 bits per heavy atom. The number of carbonyl (C=O) groups excluding carboxylic acids is 1. The van der Waals surface area contributed by atoms with E-state index in [4.69, 9.17) is 17.0 Å². The van der Waals surface area contributed by atoms with Gasteiger partial charge in [-0.3, -0.25) is 9.69 Å². The molecule has 0 spiro atoms. The number of hydrogen-bond acceptors (Lipinski definition) is 5. The third-order valence-corrected chi connectivity index (χ3v) is 4.77. The van der Waals surface area contributed by atoms with Crippen LogP contribution in [0.4, 0.5) is 5.69 Å². The number of benzene rings is 1. The first-order valence-electron chi connectivity index (χ1n) is 7.10. The second-order valence-electron chi connectivity index (χ2n) is 4.65. The molecule has 1 aromatic carbocycles. The molecule has 0 unspecified atom stereocenters. The Hall–Kier alpha value is -1.11. The van der Waals surface area contributed by atoms with Crippen LogP contribution in [0.15, 0.2) is 24.3 Å². The van der Waals surface area contributed by atoms with Crippen molar-refractivity contribution >= 4 is 39.9 Å². The zero-order chi connectivity index (χ0) is 15.2. The predicted octanol–water partition coefficient (Wildman–Crippen LogP) is 2.77. The van der Waals surface area contributed by atoms with E-state index in [1.54, 1.807) is 4.90 Å². The first kappa shape index (κ1) is 16.3. The van der Waals surface area contributed by atoms with E-state index in [-0.39, 0.29) is 5.91 Å². The minimum atomic E-state index is 0.0419. The molecule has 2 rings (SSSR count). The average molecular weight is 324 g/mol. The molecule has 0 bridgehead atoms. The normalized spacial score (nSPS) is 15.1. The van der Waals surface area contributed by atoms with E-state index in [1.165, 1.54) is 11.8 Å². The minimum Gasteiger partial charge on any atom is -0.492 e. The van der Waals surface area contributed by atoms with Crippen molar-refractivity contribution in [3.63, 3.8) is 0 Å². The molecule has 4 nitrogen and oxygen atoms in total. The van der Waals surface area contributed by atoms with Gasteiger partial charge in [0.2, 0.25) is 5.91 Å². The molecule has 1 fully saturated rings. The summed E-state index contributed by atoms with van der Waals surface area (Å²) < 4.78 is 6.35. The number of likely N-dealkylation sites (N-methyl/N-ethyl adjacent to an activating group) is 1. The number of thioether (sulfide) groups is 1. The topological polar surface area (TPSA) is 32.8 Å². The van der Waals surface area contributed by atoms with Crippen LogP contribution in [0.3, 0.4) is 0 Å². The lowest BCUT2D eigenvalue weighted by Crippen LogP contribution is -2.28. The second-order valence-corrected chi connectivity index (χ2v) is 6.26. The van der Waals surface area contributed by atoms with Crippen LogP contribution in [0.25, 0.3) is 0 Å². The number of ether oxygens (including phenoxy) is 1. The lowest BCUT2D eigenvalue weighted by molar-refractivity contribution is -0.115. The smallest absolute Gasteiger partial charge is 0.243 e. The molecular weight excluding hydrogens is 304 g/mol. The highest BCUT2D eigenvalue weighted by atomic mass is 32.2. The van der Waals surface area contributed by atoms with E-state index in [0.29, 0.717) is 16.7 Å². The van der Waals surface area contributed by atoms with Crippen molar-refractivity contribution < 1.29 is 9.53 Å². The van der Waals surface area contributed by atoms with Crippen molar-refractivity contribution in [1.82, 2.24) is 4.90 Å². The van der Waals surface area contributed by atoms with E-state index < -0.39 is 0 Å². The largest absolute Gasteiger partial charge is 0.492 e. The van der Waals surface area contributed by atoms with Gasteiger partial charge >= 0.3 is 0 Å². The third kappa shape index (κ3) is 4.18. The van der Waals surface area contributed by atoms with Gasteiger partial charge < -0.3 is 9.64 Å². The van der Waals surface area contributed by atoms with Crippen molar-refractivity contribution in [2.45, 2.75) is 13.8 Å². The lowest BCUT2D eigenvalue weighted by atomic mass is 10.3. The summed E-state index contributed by atoms with van der Waals surface area (Å²) in [4.78, 5) is 15.7. The highest BCUT2D eigenvalue weighted by Crippen LogP contribution is 2.28. The number of hydrogen-bond donors (Lipinski definition) is 0. The molecule has 0 atom stereocenters. The van der Waals surface area contributed by atoms with Gasteiger partial charge in [0.05, 0.1) is 11.4 Å². The molecule has 0 saturated carbocycles. The summed E-state index contributed by atoms with van der Waals surface area (Å²) in [6.45, 7) is 7.94. The van der Waals surface area contributed by atoms with Gasteiger partial charge in [-0.2, -0.15) is 0 Å². The number of carbonyl (C=O) groups is 1. The SMILES string of the molecule is CCN(CC)CCOc1ccc(N2C(=O)CSC2=S)cc1. The van der Waals surface area contributed by atoms with E-state index in [0.717, 1.165) is 31.1 Å². The Kier molecular flexibility index (Phi) is 6.02. The summed E-state index contributed by atoms with van der Waals surface area (Å²) in [5, 5.41) is 0. The maximum absolute atomic E-state index is 11.8. The van der Waals surface area contributed by atoms with Crippen molar-refractivity contribution in [3.05, 3.63) is 24.3 Å². The molecule has 1 heterocycles. The van der Waals surface area contributed by atoms with Gasteiger partial charge in [-0.05, 0) is 37.4 Å². The third-order valence-electron chi connectivity index (χ3n) is 3.42. The average Bonchev–Trinajstić information content (AvgIpc) is 2.84. The summed E-state index contributed by atoms with van der Waals surface area (Å²) in [5.74, 6) is 1.29. The van der Waals surface area contributed by atoms with Gasteiger partial charge in [-0.15, -0.1) is 0 Å². The number of rotatable bonds is 7. The highest BCUT2D eigenvalue weighted by molar-refractivity contribution is 8.24. The molecule has 0 radical (unpaired) electrons. The molecule has 1 saturated heterocycles. The first-order valence-corrected chi connectivity index (χ1v) is 8.50. The fourth-order valence-corrected chi connectivity index (χ4v) is 3.22. The number of nitrogens with zero attached hydrogens (tertiary/aromatic N) is 2. The van der Waals surface area contributed by atoms with Crippen LogP contribution in [0, 0.1) is 0 Å². The maximum Gasteiger partial charge on any atom is 0.243 e. The van der Waals surface area contributed by atoms with Crippen LogP contribution in [0.1, 0.15) is 13.8 Å². The van der Waals surface area contributed by atoms with Gasteiger partial charge in [0, 0.05) is 6.54 Å². The van der Waals surface area contributed by atoms with Crippen LogP contribution in [-0.4, -0.2) is 47.1 Å². The van der Waals surface area contributed by atoms with Crippen LogP contribution in [0.2, 0.25) is 0 Å². The number of anilines is 1. The van der Waals surface area contributed by atoms with Gasteiger partial charge in [-0.25, -0.2) is 0 Å². The Morgan fingerprint density at radius 3 is 2.48 bits per heavy atom. The first-order chi connectivity index (χ1) is 10.2. The van der Waals surface area contributed by atoms with Crippen LogP contribution in [0.5, 0.6) is 5.75 Å². The maximum atomic E-state index is 11.8. The molecule has 1 aliphatic rings. The molecular formula is C15H20N2O2S2. The van der Waals surface area contributed by atoms with Crippen molar-refractivity contribution in [2.75, 3.05) is 36.9 Å². The molecule has 0 N–H and O–H groups in total. The quantitative estimate of drug-likeness (QED) is 0.720. The summed E-state index contributed by atoms with van der Waals surface area (Å²) >= 11 is 6.59. The van der Waals surface area contributed by atoms with Crippen LogP contribution >= 0.6 is 24.0 Å². The zero-order valence-electron chi connectivity index (χ0n) is 12.4. The summed E-state index contributed by atoms with van der Waals surface area (Å²) in [7, 11) is 0. The number of amides is 1. The van der Waals surface area contributed by atoms with Crippen molar-refractivity contribution in [3.8, 4) is 5.75 Å². The fourth-order valence-electron chi connectivity index (χ4n) is 2.13. The van der Waals surface area contributed by atoms with Crippen molar-refractivity contribution in [2.24, 2.45) is 0 Å². The Morgan fingerprint density at radius 1 is 1.29 bits per heavy atom. The molecule has 6 heteroatoms. The van der Waals surface area contributed by atoms with E-state index in [2.05, 4.69) is 18.7 Å². The molecule has 114 valence electrons. The van der Waals surface area contributed by atoms with E-state index in [9.17, 15) is 4.79 Å². The lowest BCUT2D eigenvalue weighted by Gasteiger charge is -2.18. The van der Waals surface area contributed by atoms with Gasteiger partial charge in [0.1, 0.15) is 16.7 Å². The molecule has 21 heavy (non-hydrogen) atoms. The van der Waals surface area contributed by atoms with Gasteiger partial charge in [0.25, 0.3) is 0 Å². The second kappa shape index (κ2) is 7.77. The highest BCUT2D eigenvalue weighted by Gasteiger charge is 2.27. The molecule has 1 aromatic rings. The molecule has 0 aromatic heterocycles. The Labute approximate surface area is 135 Å². The number of thiocarbonyl (C=S) groups is 1. The van der Waals surface area contributed by atoms with Gasteiger partial charge in [-0.1, -0.05) is 37.8 Å². The van der Waals surface area contributed by atoms with Gasteiger partial charge in [0.15, 0.2) is 0 Å².